The highest BCUT2D eigenvalue weighted by molar-refractivity contribution is 5.96. The van der Waals surface area contributed by atoms with E-state index in [1.54, 1.807) is 12.1 Å². The quantitative estimate of drug-likeness (QED) is 0.725. The number of hydrogen-bond donors (Lipinski definition) is 2. The van der Waals surface area contributed by atoms with E-state index < -0.39 is 48.3 Å². The molecule has 0 saturated carbocycles. The highest BCUT2D eigenvalue weighted by atomic mass is 19.1. The van der Waals surface area contributed by atoms with Crippen LogP contribution < -0.4 is 10.6 Å². The fraction of sp³-hybridized carbons (Fsp3) is 0.286. The van der Waals surface area contributed by atoms with Crippen molar-refractivity contribution in [2.75, 3.05) is 18.5 Å². The molecular weight excluding hydrogens is 382 g/mol. The second kappa shape index (κ2) is 9.27. The van der Waals surface area contributed by atoms with Gasteiger partial charge in [-0.05, 0) is 35.2 Å². The summed E-state index contributed by atoms with van der Waals surface area (Å²) in [4.78, 5) is 35.5. The van der Waals surface area contributed by atoms with Gasteiger partial charge in [-0.3, -0.25) is 14.4 Å². The number of rotatable bonds is 6. The summed E-state index contributed by atoms with van der Waals surface area (Å²) in [5.74, 6) is -4.15. The van der Waals surface area contributed by atoms with E-state index in [4.69, 9.17) is 4.74 Å². The van der Waals surface area contributed by atoms with Crippen LogP contribution >= 0.6 is 0 Å². The van der Waals surface area contributed by atoms with Gasteiger partial charge in [0.25, 0.3) is 11.8 Å². The van der Waals surface area contributed by atoms with Gasteiger partial charge in [0.2, 0.25) is 0 Å². The first-order chi connectivity index (χ1) is 13.6. The predicted molar refractivity (Wildman–Crippen MR) is 103 cm³/mol. The number of esters is 1. The van der Waals surface area contributed by atoms with Crippen LogP contribution in [0.1, 0.15) is 36.7 Å². The van der Waals surface area contributed by atoms with Crippen molar-refractivity contribution in [3.8, 4) is 0 Å². The van der Waals surface area contributed by atoms with Crippen molar-refractivity contribution in [3.63, 3.8) is 0 Å². The van der Waals surface area contributed by atoms with Gasteiger partial charge in [-0.15, -0.1) is 0 Å². The molecule has 2 N–H and O–H groups in total. The second-order valence-electron chi connectivity index (χ2n) is 7.32. The third kappa shape index (κ3) is 6.38. The zero-order valence-corrected chi connectivity index (χ0v) is 16.3. The van der Waals surface area contributed by atoms with Crippen LogP contribution in [-0.4, -0.2) is 30.9 Å². The van der Waals surface area contributed by atoms with Gasteiger partial charge in [0.15, 0.2) is 6.61 Å². The molecule has 2 amide bonds. The van der Waals surface area contributed by atoms with Gasteiger partial charge in [0.05, 0.1) is 0 Å². The number of hydrogen-bond acceptors (Lipinski definition) is 4. The first kappa shape index (κ1) is 22.0. The first-order valence-electron chi connectivity index (χ1n) is 8.86. The number of benzene rings is 2. The van der Waals surface area contributed by atoms with Crippen LogP contribution in [0.2, 0.25) is 0 Å². The average molecular weight is 404 g/mol. The van der Waals surface area contributed by atoms with Gasteiger partial charge in [0, 0.05) is 5.56 Å². The summed E-state index contributed by atoms with van der Waals surface area (Å²) in [6.45, 7) is 4.95. The van der Waals surface area contributed by atoms with Gasteiger partial charge >= 0.3 is 5.97 Å². The Morgan fingerprint density at radius 3 is 2.10 bits per heavy atom. The number of para-hydroxylation sites is 1. The molecule has 0 heterocycles. The summed E-state index contributed by atoms with van der Waals surface area (Å²) in [6.07, 6.45) is 0. The molecule has 0 aliphatic heterocycles. The molecule has 0 unspecified atom stereocenters. The highest BCUT2D eigenvalue weighted by Gasteiger charge is 2.16. The number of anilines is 1. The Bertz CT molecular complexity index is 886. The van der Waals surface area contributed by atoms with E-state index in [0.717, 1.165) is 23.8 Å². The summed E-state index contributed by atoms with van der Waals surface area (Å²) in [5, 5.41) is 4.37. The molecule has 0 aliphatic carbocycles. The van der Waals surface area contributed by atoms with E-state index in [-0.39, 0.29) is 5.41 Å². The van der Waals surface area contributed by atoms with Gasteiger partial charge < -0.3 is 15.4 Å². The van der Waals surface area contributed by atoms with E-state index in [1.807, 2.05) is 17.4 Å². The van der Waals surface area contributed by atoms with Crippen LogP contribution in [0.15, 0.2) is 42.5 Å². The number of nitrogens with one attached hydrogen (secondary N) is 2. The zero-order valence-electron chi connectivity index (χ0n) is 16.3. The molecule has 0 saturated heterocycles. The van der Waals surface area contributed by atoms with Crippen LogP contribution in [-0.2, 0) is 19.7 Å². The van der Waals surface area contributed by atoms with E-state index >= 15 is 0 Å². The topological polar surface area (TPSA) is 84.5 Å². The minimum Gasteiger partial charge on any atom is -0.454 e. The van der Waals surface area contributed by atoms with Crippen LogP contribution in [0.25, 0.3) is 0 Å². The molecule has 0 aliphatic rings. The average Bonchev–Trinajstić information content (AvgIpc) is 2.67. The van der Waals surface area contributed by atoms with Crippen LogP contribution in [0.5, 0.6) is 0 Å². The number of halogens is 2. The van der Waals surface area contributed by atoms with Gasteiger partial charge in [-0.1, -0.05) is 39.0 Å². The van der Waals surface area contributed by atoms with E-state index in [2.05, 4.69) is 26.1 Å². The Morgan fingerprint density at radius 1 is 0.966 bits per heavy atom. The fourth-order valence-electron chi connectivity index (χ4n) is 2.37. The van der Waals surface area contributed by atoms with Gasteiger partial charge in [-0.25, -0.2) is 8.78 Å². The van der Waals surface area contributed by atoms with Crippen molar-refractivity contribution in [3.05, 3.63) is 65.2 Å². The van der Waals surface area contributed by atoms with Crippen molar-refractivity contribution >= 4 is 23.5 Å². The number of carbonyl (C=O) groups is 3. The molecule has 29 heavy (non-hydrogen) atoms. The molecule has 154 valence electrons. The minimum absolute atomic E-state index is 0.0506. The first-order valence-corrected chi connectivity index (χ1v) is 8.86. The Morgan fingerprint density at radius 2 is 1.55 bits per heavy atom. The largest absolute Gasteiger partial charge is 0.454 e. The number of ether oxygens (including phenoxy) is 1. The van der Waals surface area contributed by atoms with Crippen molar-refractivity contribution in [1.29, 1.82) is 0 Å². The molecule has 0 aromatic heterocycles. The van der Waals surface area contributed by atoms with Crippen LogP contribution in [0.4, 0.5) is 14.5 Å². The third-order valence-electron chi connectivity index (χ3n) is 4.00. The SMILES string of the molecule is CC(C)(C)c1ccc(C(=O)NCC(=O)OCC(=O)Nc2c(F)cccc2F)cc1. The Balaban J connectivity index is 1.79. The molecule has 0 bridgehead atoms. The number of amides is 2. The maximum absolute atomic E-state index is 13.5. The van der Waals surface area contributed by atoms with Crippen LogP contribution in [0.3, 0.4) is 0 Å². The summed E-state index contributed by atoms with van der Waals surface area (Å²) in [6, 6.07) is 10.1. The van der Waals surface area contributed by atoms with Gasteiger partial charge in [-0.2, -0.15) is 0 Å². The third-order valence-corrected chi connectivity index (χ3v) is 4.00. The second-order valence-corrected chi connectivity index (χ2v) is 7.32. The normalized spacial score (nSPS) is 10.9. The van der Waals surface area contributed by atoms with Gasteiger partial charge in [0.1, 0.15) is 23.9 Å². The summed E-state index contributed by atoms with van der Waals surface area (Å²) in [7, 11) is 0. The van der Waals surface area contributed by atoms with Crippen molar-refractivity contribution in [2.24, 2.45) is 0 Å². The Hall–Kier alpha value is -3.29. The molecule has 2 aromatic carbocycles. The zero-order chi connectivity index (χ0) is 21.6. The van der Waals surface area contributed by atoms with Crippen LogP contribution in [0, 0.1) is 11.6 Å². The molecule has 2 aromatic rings. The highest BCUT2D eigenvalue weighted by Crippen LogP contribution is 2.22. The molecular formula is C21H22F2N2O4. The Kier molecular flexibility index (Phi) is 7.03. The standard InChI is InChI=1S/C21H22F2N2O4/c1-21(2,3)14-9-7-13(8-10-14)20(28)24-11-18(27)29-12-17(26)25-19-15(22)5-4-6-16(19)23/h4-10H,11-12H2,1-3H3,(H,24,28)(H,25,26). The monoisotopic (exact) mass is 404 g/mol. The predicted octanol–water partition coefficient (Wildman–Crippen LogP) is 3.17. The minimum atomic E-state index is -0.950. The smallest absolute Gasteiger partial charge is 0.325 e. The maximum Gasteiger partial charge on any atom is 0.325 e. The number of carbonyl (C=O) groups excluding carboxylic acids is 3. The summed E-state index contributed by atoms with van der Waals surface area (Å²) in [5.41, 5.74) is 0.759. The maximum atomic E-state index is 13.5. The molecule has 0 fully saturated rings. The molecule has 0 radical (unpaired) electrons. The van der Waals surface area contributed by atoms with Crippen molar-refractivity contribution in [2.45, 2.75) is 26.2 Å². The summed E-state index contributed by atoms with van der Waals surface area (Å²) >= 11 is 0. The Labute approximate surface area is 167 Å². The molecule has 8 heteroatoms. The lowest BCUT2D eigenvalue weighted by molar-refractivity contribution is -0.146. The molecule has 6 nitrogen and oxygen atoms in total. The van der Waals surface area contributed by atoms with Crippen molar-refractivity contribution < 1.29 is 27.9 Å². The molecule has 0 spiro atoms. The summed E-state index contributed by atoms with van der Waals surface area (Å²) < 4.78 is 31.6. The van der Waals surface area contributed by atoms with E-state index in [9.17, 15) is 23.2 Å². The lowest BCUT2D eigenvalue weighted by Gasteiger charge is -2.19. The van der Waals surface area contributed by atoms with E-state index in [0.29, 0.717) is 5.56 Å². The fourth-order valence-corrected chi connectivity index (χ4v) is 2.37. The van der Waals surface area contributed by atoms with E-state index in [1.165, 1.54) is 0 Å². The molecule has 0 atom stereocenters. The lowest BCUT2D eigenvalue weighted by atomic mass is 9.87. The molecule has 2 rings (SSSR count). The van der Waals surface area contributed by atoms with Crippen molar-refractivity contribution in [1.82, 2.24) is 5.32 Å². The lowest BCUT2D eigenvalue weighted by Crippen LogP contribution is -2.32.